The lowest BCUT2D eigenvalue weighted by Crippen LogP contribution is -2.45. The summed E-state index contributed by atoms with van der Waals surface area (Å²) in [4.78, 5) is 14.8. The summed E-state index contributed by atoms with van der Waals surface area (Å²) >= 11 is 0. The molecule has 0 bridgehead atoms. The molecular weight excluding hydrogens is 284 g/mol. The Labute approximate surface area is 134 Å². The fourth-order valence-corrected chi connectivity index (χ4v) is 3.02. The molecule has 3 nitrogen and oxygen atoms in total. The maximum absolute atomic E-state index is 12.8. The summed E-state index contributed by atoms with van der Waals surface area (Å²) in [7, 11) is 2.01. The second kappa shape index (κ2) is 9.06. The van der Waals surface area contributed by atoms with E-state index in [9.17, 15) is 4.79 Å². The maximum atomic E-state index is 12.8. The van der Waals surface area contributed by atoms with E-state index in [0.29, 0.717) is 11.9 Å². The van der Waals surface area contributed by atoms with Crippen molar-refractivity contribution in [1.82, 2.24) is 10.2 Å². The molecule has 1 aromatic rings. The third-order valence-electron chi connectivity index (χ3n) is 4.29. The molecule has 1 unspecified atom stereocenters. The highest BCUT2D eigenvalue weighted by molar-refractivity contribution is 5.85. The second-order valence-electron chi connectivity index (χ2n) is 5.64. The van der Waals surface area contributed by atoms with E-state index in [0.717, 1.165) is 44.3 Å². The lowest BCUT2D eigenvalue weighted by Gasteiger charge is -2.34. The van der Waals surface area contributed by atoms with Crippen LogP contribution in [0.5, 0.6) is 0 Å². The van der Waals surface area contributed by atoms with Gasteiger partial charge in [0.1, 0.15) is 0 Å². The largest absolute Gasteiger partial charge is 0.342 e. The van der Waals surface area contributed by atoms with Crippen LogP contribution in [0, 0.1) is 0 Å². The lowest BCUT2D eigenvalue weighted by molar-refractivity contribution is -0.134. The summed E-state index contributed by atoms with van der Waals surface area (Å²) in [5.41, 5.74) is 1.16. The van der Waals surface area contributed by atoms with Gasteiger partial charge in [-0.05, 0) is 31.9 Å². The van der Waals surface area contributed by atoms with Crippen molar-refractivity contribution >= 4 is 18.3 Å². The van der Waals surface area contributed by atoms with E-state index in [2.05, 4.69) is 29.3 Å². The minimum absolute atomic E-state index is 0. The van der Waals surface area contributed by atoms with Gasteiger partial charge in [-0.3, -0.25) is 4.79 Å². The molecule has 1 saturated heterocycles. The highest BCUT2D eigenvalue weighted by Gasteiger charge is 2.28. The number of nitrogens with one attached hydrogen (secondary N) is 1. The third-order valence-corrected chi connectivity index (χ3v) is 4.29. The zero-order valence-electron chi connectivity index (χ0n) is 13.0. The standard InChI is InChI=1S/C17H26N2O.ClH/c1-3-7-16(14-8-5-4-6-9-14)17(20)19-12-10-15(18-2)11-13-19;/h4-6,8-9,15-16,18H,3,7,10-13H2,1-2H3;1H. The van der Waals surface area contributed by atoms with E-state index in [1.165, 1.54) is 0 Å². The first-order valence-electron chi connectivity index (χ1n) is 7.77. The quantitative estimate of drug-likeness (QED) is 0.906. The van der Waals surface area contributed by atoms with E-state index < -0.39 is 0 Å². The molecule has 1 amide bonds. The van der Waals surface area contributed by atoms with Crippen LogP contribution in [0.25, 0.3) is 0 Å². The zero-order chi connectivity index (χ0) is 14.4. The fraction of sp³-hybridized carbons (Fsp3) is 0.588. The van der Waals surface area contributed by atoms with Crippen LogP contribution in [0.15, 0.2) is 30.3 Å². The van der Waals surface area contributed by atoms with Crippen LogP contribution in [0.4, 0.5) is 0 Å². The lowest BCUT2D eigenvalue weighted by atomic mass is 9.92. The Morgan fingerprint density at radius 3 is 2.43 bits per heavy atom. The average molecular weight is 311 g/mol. The van der Waals surface area contributed by atoms with Crippen molar-refractivity contribution in [2.75, 3.05) is 20.1 Å². The summed E-state index contributed by atoms with van der Waals surface area (Å²) in [6.45, 7) is 3.92. The topological polar surface area (TPSA) is 32.3 Å². The number of rotatable bonds is 5. The van der Waals surface area contributed by atoms with Crippen molar-refractivity contribution in [3.05, 3.63) is 35.9 Å². The van der Waals surface area contributed by atoms with E-state index in [1.807, 2.05) is 25.2 Å². The van der Waals surface area contributed by atoms with E-state index in [-0.39, 0.29) is 18.3 Å². The molecule has 1 fully saturated rings. The van der Waals surface area contributed by atoms with Crippen molar-refractivity contribution in [2.24, 2.45) is 0 Å². The molecular formula is C17H27ClN2O. The van der Waals surface area contributed by atoms with Gasteiger partial charge in [-0.1, -0.05) is 43.7 Å². The number of halogens is 1. The summed E-state index contributed by atoms with van der Waals surface area (Å²) in [5.74, 6) is 0.347. The SMILES string of the molecule is CCCC(C(=O)N1CCC(NC)CC1)c1ccccc1.Cl. The van der Waals surface area contributed by atoms with Crippen molar-refractivity contribution in [2.45, 2.75) is 44.6 Å². The van der Waals surface area contributed by atoms with Gasteiger partial charge in [0.25, 0.3) is 0 Å². The molecule has 0 radical (unpaired) electrons. The van der Waals surface area contributed by atoms with E-state index >= 15 is 0 Å². The molecule has 21 heavy (non-hydrogen) atoms. The molecule has 0 aliphatic carbocycles. The molecule has 1 atom stereocenters. The number of nitrogens with zero attached hydrogens (tertiary/aromatic N) is 1. The van der Waals surface area contributed by atoms with Crippen LogP contribution in [0.3, 0.4) is 0 Å². The second-order valence-corrected chi connectivity index (χ2v) is 5.64. The summed E-state index contributed by atoms with van der Waals surface area (Å²) < 4.78 is 0. The first kappa shape index (κ1) is 18.0. The number of carbonyl (C=O) groups excluding carboxylic acids is 1. The predicted octanol–water partition coefficient (Wildman–Crippen LogP) is 3.20. The number of amides is 1. The van der Waals surface area contributed by atoms with Crippen molar-refractivity contribution in [3.63, 3.8) is 0 Å². The minimum atomic E-state index is 0. The molecule has 1 N–H and O–H groups in total. The first-order chi connectivity index (χ1) is 9.76. The van der Waals surface area contributed by atoms with E-state index in [1.54, 1.807) is 0 Å². The highest BCUT2D eigenvalue weighted by atomic mass is 35.5. The Bertz CT molecular complexity index is 416. The van der Waals surface area contributed by atoms with Crippen molar-refractivity contribution in [1.29, 1.82) is 0 Å². The van der Waals surface area contributed by atoms with E-state index in [4.69, 9.17) is 0 Å². The van der Waals surface area contributed by atoms with Crippen LogP contribution in [0.2, 0.25) is 0 Å². The summed E-state index contributed by atoms with van der Waals surface area (Å²) in [5, 5.41) is 3.31. The third kappa shape index (κ3) is 4.72. The Morgan fingerprint density at radius 1 is 1.29 bits per heavy atom. The van der Waals surface area contributed by atoms with Crippen LogP contribution in [-0.2, 0) is 4.79 Å². The summed E-state index contributed by atoms with van der Waals surface area (Å²) in [6.07, 6.45) is 4.11. The van der Waals surface area contributed by atoms with Gasteiger partial charge in [-0.2, -0.15) is 0 Å². The number of hydrogen-bond donors (Lipinski definition) is 1. The Balaban J connectivity index is 0.00000220. The highest BCUT2D eigenvalue weighted by Crippen LogP contribution is 2.25. The molecule has 0 saturated carbocycles. The Hall–Kier alpha value is -1.06. The molecule has 1 aromatic carbocycles. The molecule has 2 rings (SSSR count). The van der Waals surface area contributed by atoms with Gasteiger partial charge in [0.15, 0.2) is 0 Å². The zero-order valence-corrected chi connectivity index (χ0v) is 13.9. The number of carbonyl (C=O) groups is 1. The van der Waals surface area contributed by atoms with Gasteiger partial charge in [0.05, 0.1) is 5.92 Å². The summed E-state index contributed by atoms with van der Waals surface area (Å²) in [6, 6.07) is 10.8. The minimum Gasteiger partial charge on any atom is -0.342 e. The van der Waals surface area contributed by atoms with Crippen LogP contribution >= 0.6 is 12.4 Å². The van der Waals surface area contributed by atoms with Gasteiger partial charge < -0.3 is 10.2 Å². The number of benzene rings is 1. The molecule has 4 heteroatoms. The number of likely N-dealkylation sites (tertiary alicyclic amines) is 1. The predicted molar refractivity (Wildman–Crippen MR) is 90.0 cm³/mol. The molecule has 1 aliphatic rings. The van der Waals surface area contributed by atoms with Gasteiger partial charge >= 0.3 is 0 Å². The monoisotopic (exact) mass is 310 g/mol. The molecule has 0 aromatic heterocycles. The molecule has 1 heterocycles. The molecule has 0 spiro atoms. The molecule has 1 aliphatic heterocycles. The van der Waals surface area contributed by atoms with Crippen LogP contribution < -0.4 is 5.32 Å². The van der Waals surface area contributed by atoms with Gasteiger partial charge in [0, 0.05) is 19.1 Å². The van der Waals surface area contributed by atoms with Gasteiger partial charge in [-0.25, -0.2) is 0 Å². The normalized spacial score (nSPS) is 17.1. The molecule has 118 valence electrons. The average Bonchev–Trinajstić information content (AvgIpc) is 2.53. The smallest absolute Gasteiger partial charge is 0.230 e. The Morgan fingerprint density at radius 2 is 1.90 bits per heavy atom. The fourth-order valence-electron chi connectivity index (χ4n) is 3.02. The first-order valence-corrected chi connectivity index (χ1v) is 7.77. The maximum Gasteiger partial charge on any atom is 0.230 e. The number of piperidine rings is 1. The van der Waals surface area contributed by atoms with Gasteiger partial charge in [0.2, 0.25) is 5.91 Å². The van der Waals surface area contributed by atoms with Crippen LogP contribution in [0.1, 0.15) is 44.1 Å². The number of hydrogen-bond acceptors (Lipinski definition) is 2. The van der Waals surface area contributed by atoms with Crippen LogP contribution in [-0.4, -0.2) is 37.0 Å². The van der Waals surface area contributed by atoms with Crippen molar-refractivity contribution in [3.8, 4) is 0 Å². The Kier molecular flexibility index (Phi) is 7.76. The van der Waals surface area contributed by atoms with Crippen molar-refractivity contribution < 1.29 is 4.79 Å². The van der Waals surface area contributed by atoms with Gasteiger partial charge in [-0.15, -0.1) is 12.4 Å².